The van der Waals surface area contributed by atoms with Crippen molar-refractivity contribution in [2.45, 2.75) is 31.7 Å². The molecule has 1 unspecified atom stereocenters. The van der Waals surface area contributed by atoms with Crippen LogP contribution in [0.15, 0.2) is 27.4 Å². The summed E-state index contributed by atoms with van der Waals surface area (Å²) in [6.07, 6.45) is 2.01. The number of nitrogens with one attached hydrogen (secondary N) is 1. The lowest BCUT2D eigenvalue weighted by Gasteiger charge is -2.34. The van der Waals surface area contributed by atoms with Crippen molar-refractivity contribution in [1.29, 1.82) is 0 Å². The SMILES string of the molecule is Cc1ccc(C2COCCN2C(=O)c2cc(=O)[nH]c(C3CC3)n2)o1. The maximum atomic E-state index is 13.0. The molecule has 2 fully saturated rings. The minimum absolute atomic E-state index is 0.191. The number of rotatable bonds is 3. The molecule has 1 saturated heterocycles. The van der Waals surface area contributed by atoms with Crippen LogP contribution in [0.4, 0.5) is 0 Å². The van der Waals surface area contributed by atoms with E-state index in [0.29, 0.717) is 31.3 Å². The maximum Gasteiger partial charge on any atom is 0.273 e. The highest BCUT2D eigenvalue weighted by Gasteiger charge is 2.33. The number of amides is 1. The van der Waals surface area contributed by atoms with Gasteiger partial charge in [0.1, 0.15) is 29.1 Å². The molecule has 2 aliphatic rings. The van der Waals surface area contributed by atoms with E-state index in [2.05, 4.69) is 9.97 Å². The fourth-order valence-corrected chi connectivity index (χ4v) is 3.00. The van der Waals surface area contributed by atoms with Crippen LogP contribution in [0.3, 0.4) is 0 Å². The Bertz CT molecular complexity index is 821. The molecule has 1 amide bonds. The summed E-state index contributed by atoms with van der Waals surface area (Å²) in [6, 6.07) is 4.69. The number of aromatic nitrogens is 2. The lowest BCUT2D eigenvalue weighted by molar-refractivity contribution is -0.00927. The first-order valence-corrected chi connectivity index (χ1v) is 8.18. The summed E-state index contributed by atoms with van der Waals surface area (Å²) < 4.78 is 11.2. The van der Waals surface area contributed by atoms with Gasteiger partial charge >= 0.3 is 0 Å². The number of nitrogens with zero attached hydrogens (tertiary/aromatic N) is 2. The fraction of sp³-hybridized carbons (Fsp3) is 0.471. The lowest BCUT2D eigenvalue weighted by atomic mass is 10.1. The molecule has 7 heteroatoms. The summed E-state index contributed by atoms with van der Waals surface area (Å²) in [5, 5.41) is 0. The summed E-state index contributed by atoms with van der Waals surface area (Å²) in [5.41, 5.74) is -0.0928. The van der Waals surface area contributed by atoms with Gasteiger partial charge in [-0.3, -0.25) is 9.59 Å². The number of carbonyl (C=O) groups is 1. The highest BCUT2D eigenvalue weighted by Crippen LogP contribution is 2.37. The zero-order valence-corrected chi connectivity index (χ0v) is 13.4. The van der Waals surface area contributed by atoms with Crippen LogP contribution in [0.1, 0.15) is 52.6 Å². The van der Waals surface area contributed by atoms with Gasteiger partial charge in [-0.05, 0) is 31.9 Å². The second-order valence-electron chi connectivity index (χ2n) is 6.33. The molecule has 1 aliphatic heterocycles. The third-order valence-electron chi connectivity index (χ3n) is 4.42. The molecule has 0 radical (unpaired) electrons. The second kappa shape index (κ2) is 5.90. The molecule has 1 saturated carbocycles. The van der Waals surface area contributed by atoms with Gasteiger partial charge in [0.2, 0.25) is 0 Å². The van der Waals surface area contributed by atoms with Crippen LogP contribution in [-0.4, -0.2) is 40.5 Å². The lowest BCUT2D eigenvalue weighted by Crippen LogP contribution is -2.44. The third-order valence-corrected chi connectivity index (χ3v) is 4.42. The monoisotopic (exact) mass is 329 g/mol. The summed E-state index contributed by atoms with van der Waals surface area (Å²) >= 11 is 0. The Kier molecular flexibility index (Phi) is 3.72. The van der Waals surface area contributed by atoms with Crippen LogP contribution in [0, 0.1) is 6.92 Å². The smallest absolute Gasteiger partial charge is 0.273 e. The number of H-pyrrole nitrogens is 1. The van der Waals surface area contributed by atoms with E-state index in [1.54, 1.807) is 4.90 Å². The van der Waals surface area contributed by atoms with Crippen molar-refractivity contribution in [1.82, 2.24) is 14.9 Å². The zero-order valence-electron chi connectivity index (χ0n) is 13.4. The molecule has 0 spiro atoms. The third kappa shape index (κ3) is 2.87. The summed E-state index contributed by atoms with van der Waals surface area (Å²) in [6.45, 7) is 3.13. The quantitative estimate of drug-likeness (QED) is 0.927. The molecule has 4 rings (SSSR count). The van der Waals surface area contributed by atoms with Gasteiger partial charge < -0.3 is 19.0 Å². The summed E-state index contributed by atoms with van der Waals surface area (Å²) in [4.78, 5) is 33.6. The maximum absolute atomic E-state index is 13.0. The Morgan fingerprint density at radius 2 is 2.21 bits per heavy atom. The average molecular weight is 329 g/mol. The Morgan fingerprint density at radius 1 is 1.38 bits per heavy atom. The summed E-state index contributed by atoms with van der Waals surface area (Å²) in [5.74, 6) is 2.11. The molecule has 2 aromatic heterocycles. The van der Waals surface area contributed by atoms with Gasteiger partial charge in [0.15, 0.2) is 0 Å². The Morgan fingerprint density at radius 3 is 2.92 bits per heavy atom. The number of morpholine rings is 1. The predicted molar refractivity (Wildman–Crippen MR) is 84.9 cm³/mol. The van der Waals surface area contributed by atoms with E-state index < -0.39 is 0 Å². The zero-order chi connectivity index (χ0) is 16.7. The Labute approximate surface area is 138 Å². The molecular weight excluding hydrogens is 310 g/mol. The van der Waals surface area contributed by atoms with E-state index >= 15 is 0 Å². The molecule has 7 nitrogen and oxygen atoms in total. The van der Waals surface area contributed by atoms with Crippen LogP contribution in [0.2, 0.25) is 0 Å². The first-order chi connectivity index (χ1) is 11.6. The Balaban J connectivity index is 1.65. The van der Waals surface area contributed by atoms with Crippen molar-refractivity contribution in [3.63, 3.8) is 0 Å². The Hall–Kier alpha value is -2.41. The van der Waals surface area contributed by atoms with Crippen molar-refractivity contribution in [2.75, 3.05) is 19.8 Å². The average Bonchev–Trinajstić information content (AvgIpc) is 3.35. The first-order valence-electron chi connectivity index (χ1n) is 8.18. The number of aromatic amines is 1. The number of hydrogen-bond donors (Lipinski definition) is 1. The first kappa shape index (κ1) is 15.1. The molecule has 0 bridgehead atoms. The van der Waals surface area contributed by atoms with Gasteiger partial charge in [-0.25, -0.2) is 4.98 Å². The van der Waals surface area contributed by atoms with Crippen LogP contribution >= 0.6 is 0 Å². The number of furan rings is 1. The van der Waals surface area contributed by atoms with Crippen LogP contribution in [-0.2, 0) is 4.74 Å². The molecule has 3 heterocycles. The molecule has 1 N–H and O–H groups in total. The van der Waals surface area contributed by atoms with Crippen molar-refractivity contribution >= 4 is 5.91 Å². The second-order valence-corrected chi connectivity index (χ2v) is 6.33. The van der Waals surface area contributed by atoms with Crippen LogP contribution < -0.4 is 5.56 Å². The van der Waals surface area contributed by atoms with Gasteiger partial charge in [-0.15, -0.1) is 0 Å². The van der Waals surface area contributed by atoms with Crippen molar-refractivity contribution in [3.8, 4) is 0 Å². The van der Waals surface area contributed by atoms with E-state index in [4.69, 9.17) is 9.15 Å². The molecule has 1 aliphatic carbocycles. The minimum Gasteiger partial charge on any atom is -0.464 e. The van der Waals surface area contributed by atoms with Gasteiger partial charge in [-0.2, -0.15) is 0 Å². The number of aryl methyl sites for hydroxylation is 1. The molecule has 2 aromatic rings. The topological polar surface area (TPSA) is 88.4 Å². The van der Waals surface area contributed by atoms with Crippen molar-refractivity contribution < 1.29 is 13.9 Å². The van der Waals surface area contributed by atoms with E-state index in [1.807, 2.05) is 19.1 Å². The molecule has 24 heavy (non-hydrogen) atoms. The van der Waals surface area contributed by atoms with Gasteiger partial charge in [0.05, 0.1) is 13.2 Å². The highest BCUT2D eigenvalue weighted by molar-refractivity contribution is 5.92. The molecule has 126 valence electrons. The summed E-state index contributed by atoms with van der Waals surface area (Å²) in [7, 11) is 0. The number of carbonyl (C=O) groups excluding carboxylic acids is 1. The van der Waals surface area contributed by atoms with E-state index in [9.17, 15) is 9.59 Å². The number of hydrogen-bond acceptors (Lipinski definition) is 5. The van der Waals surface area contributed by atoms with E-state index in [-0.39, 0.29) is 29.1 Å². The van der Waals surface area contributed by atoms with Gasteiger partial charge in [0, 0.05) is 18.5 Å². The van der Waals surface area contributed by atoms with Gasteiger partial charge in [-0.1, -0.05) is 0 Å². The normalized spacial score (nSPS) is 21.0. The van der Waals surface area contributed by atoms with Crippen molar-refractivity contribution in [3.05, 3.63) is 51.6 Å². The van der Waals surface area contributed by atoms with Crippen LogP contribution in [0.25, 0.3) is 0 Å². The van der Waals surface area contributed by atoms with E-state index in [0.717, 1.165) is 18.6 Å². The highest BCUT2D eigenvalue weighted by atomic mass is 16.5. The standard InChI is InChI=1S/C17H19N3O4/c1-10-2-5-14(24-10)13-9-23-7-6-20(13)17(22)12-8-15(21)19-16(18-12)11-3-4-11/h2,5,8,11,13H,3-4,6-7,9H2,1H3,(H,18,19,21). The largest absolute Gasteiger partial charge is 0.464 e. The fourth-order valence-electron chi connectivity index (χ4n) is 3.00. The molecule has 1 atom stereocenters. The van der Waals surface area contributed by atoms with Gasteiger partial charge in [0.25, 0.3) is 11.5 Å². The number of ether oxygens (including phenoxy) is 1. The molecule has 0 aromatic carbocycles. The predicted octanol–water partition coefficient (Wildman–Crippen LogP) is 1.76. The van der Waals surface area contributed by atoms with Crippen molar-refractivity contribution in [2.24, 2.45) is 0 Å². The molecular formula is C17H19N3O4. The van der Waals surface area contributed by atoms with E-state index in [1.165, 1.54) is 6.07 Å². The van der Waals surface area contributed by atoms with Crippen LogP contribution in [0.5, 0.6) is 0 Å². The minimum atomic E-state index is -0.301.